The number of carbonyl (C=O) groups excluding carboxylic acids is 1. The molecule has 1 aliphatic rings. The largest absolute Gasteiger partial charge is 0.478 e. The Balaban J connectivity index is 1.86. The number of hydrogen-bond donors (Lipinski definition) is 2. The van der Waals surface area contributed by atoms with Crippen molar-refractivity contribution in [3.63, 3.8) is 0 Å². The van der Waals surface area contributed by atoms with Crippen LogP contribution in [0.4, 0.5) is 0 Å². The van der Waals surface area contributed by atoms with Crippen molar-refractivity contribution in [2.45, 2.75) is 64.5 Å². The summed E-state index contributed by atoms with van der Waals surface area (Å²) in [7, 11) is 0. The van der Waals surface area contributed by atoms with Gasteiger partial charge in [-0.05, 0) is 42.9 Å². The monoisotopic (exact) mass is 373 g/mol. The lowest BCUT2D eigenvalue weighted by atomic mass is 10.0. The van der Waals surface area contributed by atoms with Crippen LogP contribution in [0.2, 0.25) is 0 Å². The molecule has 5 nitrogen and oxygen atoms in total. The third-order valence-corrected chi connectivity index (χ3v) is 5.05. The molecule has 1 aliphatic heterocycles. The molecule has 1 saturated heterocycles. The van der Waals surface area contributed by atoms with Crippen LogP contribution >= 0.6 is 0 Å². The van der Waals surface area contributed by atoms with E-state index in [1.54, 1.807) is 24.3 Å². The molecule has 0 bridgehead atoms. The van der Waals surface area contributed by atoms with E-state index in [0.29, 0.717) is 25.3 Å². The fourth-order valence-corrected chi connectivity index (χ4v) is 3.40. The summed E-state index contributed by atoms with van der Waals surface area (Å²) in [6.07, 6.45) is 8.23. The highest BCUT2D eigenvalue weighted by molar-refractivity contribution is 5.87. The number of carboxylic acid groups (broad SMARTS) is 1. The summed E-state index contributed by atoms with van der Waals surface area (Å²) in [6, 6.07) is 6.82. The van der Waals surface area contributed by atoms with Gasteiger partial charge in [0.05, 0.1) is 17.7 Å². The molecule has 1 fully saturated rings. The van der Waals surface area contributed by atoms with Gasteiger partial charge in [-0.3, -0.25) is 4.79 Å². The number of hydrogen-bond acceptors (Lipinski definition) is 3. The maximum Gasteiger partial charge on any atom is 0.335 e. The van der Waals surface area contributed by atoms with Crippen molar-refractivity contribution in [2.75, 3.05) is 6.54 Å². The standard InChI is InChI=1S/C22H31NO4/c1-16(2)4-3-5-20(24)12-10-19-11-13-21(25)23(19)15-14-17-6-8-18(9-7-17)22(26)27/h6-10,12,16,19-20,24H,3-5,11,13-15H2,1-2H3,(H,26,27)/b12-10+. The van der Waals surface area contributed by atoms with Crippen LogP contribution in [0.15, 0.2) is 36.4 Å². The number of carbonyl (C=O) groups is 2. The predicted molar refractivity (Wildman–Crippen MR) is 106 cm³/mol. The number of carboxylic acids is 1. The van der Waals surface area contributed by atoms with Gasteiger partial charge in [-0.2, -0.15) is 0 Å². The quantitative estimate of drug-likeness (QED) is 0.614. The van der Waals surface area contributed by atoms with Gasteiger partial charge in [-0.1, -0.05) is 51.0 Å². The highest BCUT2D eigenvalue weighted by atomic mass is 16.4. The van der Waals surface area contributed by atoms with Gasteiger partial charge in [-0.25, -0.2) is 4.79 Å². The Labute approximate surface area is 161 Å². The Morgan fingerprint density at radius 1 is 1.26 bits per heavy atom. The van der Waals surface area contributed by atoms with Crippen LogP contribution < -0.4 is 0 Å². The number of aliphatic hydroxyl groups is 1. The molecule has 2 N–H and O–H groups in total. The predicted octanol–water partition coefficient (Wildman–Crippen LogP) is 3.66. The summed E-state index contributed by atoms with van der Waals surface area (Å²) in [6.45, 7) is 4.96. The minimum absolute atomic E-state index is 0.0375. The number of rotatable bonds is 10. The first kappa shape index (κ1) is 21.2. The number of benzene rings is 1. The molecule has 148 valence electrons. The maximum atomic E-state index is 12.2. The highest BCUT2D eigenvalue weighted by Crippen LogP contribution is 2.21. The number of aliphatic hydroxyl groups excluding tert-OH is 1. The summed E-state index contributed by atoms with van der Waals surface area (Å²) in [5, 5.41) is 19.1. The average Bonchev–Trinajstić information content (AvgIpc) is 2.98. The summed E-state index contributed by atoms with van der Waals surface area (Å²) in [5.41, 5.74) is 1.28. The van der Waals surface area contributed by atoms with E-state index < -0.39 is 12.1 Å². The van der Waals surface area contributed by atoms with Crippen LogP contribution in [-0.2, 0) is 11.2 Å². The van der Waals surface area contributed by atoms with Crippen molar-refractivity contribution in [1.29, 1.82) is 0 Å². The molecule has 1 heterocycles. The Morgan fingerprint density at radius 2 is 1.96 bits per heavy atom. The lowest BCUT2D eigenvalue weighted by Crippen LogP contribution is -2.33. The minimum atomic E-state index is -0.937. The van der Waals surface area contributed by atoms with E-state index in [4.69, 9.17) is 5.11 Å². The fraction of sp³-hybridized carbons (Fsp3) is 0.545. The highest BCUT2D eigenvalue weighted by Gasteiger charge is 2.28. The van der Waals surface area contributed by atoms with Crippen LogP contribution in [0.5, 0.6) is 0 Å². The van der Waals surface area contributed by atoms with Gasteiger partial charge in [0.2, 0.25) is 5.91 Å². The van der Waals surface area contributed by atoms with Crippen LogP contribution in [0.3, 0.4) is 0 Å². The van der Waals surface area contributed by atoms with E-state index in [9.17, 15) is 14.7 Å². The minimum Gasteiger partial charge on any atom is -0.478 e. The average molecular weight is 373 g/mol. The molecular weight excluding hydrogens is 342 g/mol. The Morgan fingerprint density at radius 3 is 2.59 bits per heavy atom. The zero-order valence-electron chi connectivity index (χ0n) is 16.3. The second-order valence-electron chi connectivity index (χ2n) is 7.72. The fourth-order valence-electron chi connectivity index (χ4n) is 3.40. The molecule has 0 radical (unpaired) electrons. The summed E-state index contributed by atoms with van der Waals surface area (Å²) >= 11 is 0. The van der Waals surface area contributed by atoms with Crippen LogP contribution in [0.1, 0.15) is 61.9 Å². The van der Waals surface area contributed by atoms with Gasteiger partial charge in [0.15, 0.2) is 0 Å². The smallest absolute Gasteiger partial charge is 0.335 e. The molecule has 0 aromatic heterocycles. The summed E-state index contributed by atoms with van der Waals surface area (Å²) in [5.74, 6) is -0.150. The Kier molecular flexibility index (Phi) is 8.04. The van der Waals surface area contributed by atoms with Crippen molar-refractivity contribution in [3.8, 4) is 0 Å². The summed E-state index contributed by atoms with van der Waals surface area (Å²) in [4.78, 5) is 25.0. The first-order valence-electron chi connectivity index (χ1n) is 9.85. The second-order valence-corrected chi connectivity index (χ2v) is 7.72. The molecule has 5 heteroatoms. The Hall–Kier alpha value is -2.14. The van der Waals surface area contributed by atoms with E-state index in [1.807, 2.05) is 17.1 Å². The van der Waals surface area contributed by atoms with E-state index in [0.717, 1.165) is 31.2 Å². The number of likely N-dealkylation sites (tertiary alicyclic amines) is 1. The van der Waals surface area contributed by atoms with Crippen LogP contribution in [0, 0.1) is 5.92 Å². The molecular formula is C22H31NO4. The van der Waals surface area contributed by atoms with Crippen molar-refractivity contribution in [3.05, 3.63) is 47.5 Å². The lowest BCUT2D eigenvalue weighted by molar-refractivity contribution is -0.128. The van der Waals surface area contributed by atoms with Gasteiger partial charge in [0, 0.05) is 13.0 Å². The molecule has 1 aromatic rings. The number of aromatic carboxylic acids is 1. The van der Waals surface area contributed by atoms with Crippen molar-refractivity contribution >= 4 is 11.9 Å². The molecule has 2 unspecified atom stereocenters. The third kappa shape index (κ3) is 6.83. The number of nitrogens with zero attached hydrogens (tertiary/aromatic N) is 1. The Bertz CT molecular complexity index is 651. The molecule has 0 aliphatic carbocycles. The molecule has 2 rings (SSSR count). The van der Waals surface area contributed by atoms with E-state index >= 15 is 0 Å². The SMILES string of the molecule is CC(C)CCCC(O)/C=C/C1CCC(=O)N1CCc1ccc(C(=O)O)cc1. The van der Waals surface area contributed by atoms with Crippen molar-refractivity contribution in [2.24, 2.45) is 5.92 Å². The second kappa shape index (κ2) is 10.3. The zero-order chi connectivity index (χ0) is 19.8. The summed E-state index contributed by atoms with van der Waals surface area (Å²) < 4.78 is 0. The molecule has 2 atom stereocenters. The first-order chi connectivity index (χ1) is 12.9. The molecule has 1 amide bonds. The van der Waals surface area contributed by atoms with Crippen molar-refractivity contribution in [1.82, 2.24) is 4.90 Å². The van der Waals surface area contributed by atoms with E-state index in [1.165, 1.54) is 0 Å². The van der Waals surface area contributed by atoms with Crippen LogP contribution in [0.25, 0.3) is 0 Å². The molecule has 1 aromatic carbocycles. The first-order valence-corrected chi connectivity index (χ1v) is 9.85. The normalized spacial score (nSPS) is 18.6. The van der Waals surface area contributed by atoms with Gasteiger partial charge >= 0.3 is 5.97 Å². The maximum absolute atomic E-state index is 12.2. The van der Waals surface area contributed by atoms with Gasteiger partial charge in [-0.15, -0.1) is 0 Å². The van der Waals surface area contributed by atoms with Gasteiger partial charge in [0.1, 0.15) is 0 Å². The molecule has 0 saturated carbocycles. The molecule has 0 spiro atoms. The number of amides is 1. The topological polar surface area (TPSA) is 77.8 Å². The third-order valence-electron chi connectivity index (χ3n) is 5.05. The van der Waals surface area contributed by atoms with E-state index in [2.05, 4.69) is 13.8 Å². The van der Waals surface area contributed by atoms with Crippen LogP contribution in [-0.4, -0.2) is 45.7 Å². The van der Waals surface area contributed by atoms with Gasteiger partial charge < -0.3 is 15.1 Å². The lowest BCUT2D eigenvalue weighted by Gasteiger charge is -2.23. The van der Waals surface area contributed by atoms with Gasteiger partial charge in [0.25, 0.3) is 0 Å². The molecule has 27 heavy (non-hydrogen) atoms. The van der Waals surface area contributed by atoms with E-state index in [-0.39, 0.29) is 17.5 Å². The zero-order valence-corrected chi connectivity index (χ0v) is 16.3. The van der Waals surface area contributed by atoms with Crippen molar-refractivity contribution < 1.29 is 19.8 Å².